The van der Waals surface area contributed by atoms with Crippen LogP contribution in [0.15, 0.2) is 72.8 Å². The number of amides is 2. The van der Waals surface area contributed by atoms with E-state index in [2.05, 4.69) is 22.4 Å². The molecule has 4 aromatic rings. The molecule has 2 unspecified atom stereocenters. The zero-order valence-corrected chi connectivity index (χ0v) is 22.6. The van der Waals surface area contributed by atoms with Crippen molar-refractivity contribution in [1.29, 1.82) is 0 Å². The first-order chi connectivity index (χ1) is 20.1. The van der Waals surface area contributed by atoms with Crippen LogP contribution in [-0.4, -0.2) is 54.3 Å². The number of aromatic nitrogens is 1. The number of nitrogens with one attached hydrogen (secondary N) is 2. The van der Waals surface area contributed by atoms with Gasteiger partial charge in [-0.05, 0) is 72.4 Å². The van der Waals surface area contributed by atoms with Crippen molar-refractivity contribution < 1.29 is 23.8 Å². The quantitative estimate of drug-likeness (QED) is 0.331. The number of hydrogen-bond donors (Lipinski definition) is 2. The summed E-state index contributed by atoms with van der Waals surface area (Å²) in [6, 6.07) is 21.1. The highest BCUT2D eigenvalue weighted by Crippen LogP contribution is 2.42. The molecule has 2 N–H and O–H groups in total. The number of aromatic amines is 1. The summed E-state index contributed by atoms with van der Waals surface area (Å²) in [5.41, 5.74) is 5.71. The number of carbonyl (C=O) groups excluding carboxylic acids is 2. The van der Waals surface area contributed by atoms with Gasteiger partial charge in [-0.15, -0.1) is 0 Å². The van der Waals surface area contributed by atoms with Crippen molar-refractivity contribution in [2.24, 2.45) is 0 Å². The Morgan fingerprint density at radius 1 is 1.02 bits per heavy atom. The fraction of sp³-hybridized carbons (Fsp3) is 0.273. The highest BCUT2D eigenvalue weighted by Gasteiger charge is 2.34. The lowest BCUT2D eigenvalue weighted by molar-refractivity contribution is -0.128. The maximum Gasteiger partial charge on any atom is 0.251 e. The Balaban J connectivity index is 1.12. The molecule has 208 valence electrons. The van der Waals surface area contributed by atoms with E-state index in [0.29, 0.717) is 30.2 Å². The number of rotatable bonds is 6. The van der Waals surface area contributed by atoms with Gasteiger partial charge in [0, 0.05) is 47.9 Å². The van der Waals surface area contributed by atoms with E-state index in [1.165, 1.54) is 10.9 Å². The molecule has 4 heterocycles. The van der Waals surface area contributed by atoms with Crippen LogP contribution in [0.4, 0.5) is 0 Å². The second kappa shape index (κ2) is 10.8. The molecular formula is C33H31N3O5. The van der Waals surface area contributed by atoms with Gasteiger partial charge in [-0.2, -0.15) is 0 Å². The maximum atomic E-state index is 13.7. The van der Waals surface area contributed by atoms with Gasteiger partial charge in [-0.1, -0.05) is 36.4 Å². The summed E-state index contributed by atoms with van der Waals surface area (Å²) in [5.74, 6) is 1.19. The van der Waals surface area contributed by atoms with Gasteiger partial charge < -0.3 is 29.4 Å². The predicted molar refractivity (Wildman–Crippen MR) is 155 cm³/mol. The minimum atomic E-state index is -0.298. The molecule has 1 fully saturated rings. The van der Waals surface area contributed by atoms with Crippen LogP contribution in [0.5, 0.6) is 11.5 Å². The normalized spacial score (nSPS) is 19.6. The van der Waals surface area contributed by atoms with E-state index in [-0.39, 0.29) is 30.8 Å². The number of carbonyl (C=O) groups is 2. The number of fused-ring (bicyclic) bond motifs is 4. The third-order valence-electron chi connectivity index (χ3n) is 8.14. The van der Waals surface area contributed by atoms with Crippen LogP contribution in [0, 0.1) is 0 Å². The molecular weight excluding hydrogens is 518 g/mol. The molecule has 0 radical (unpaired) electrons. The molecule has 8 heteroatoms. The summed E-state index contributed by atoms with van der Waals surface area (Å²) in [6.45, 7) is 2.06. The lowest BCUT2D eigenvalue weighted by Gasteiger charge is -2.35. The Labute approximate surface area is 237 Å². The Hall–Kier alpha value is -4.56. The fourth-order valence-electron chi connectivity index (χ4n) is 6.03. The first kappa shape index (κ1) is 25.4. The third-order valence-corrected chi connectivity index (χ3v) is 8.14. The zero-order chi connectivity index (χ0) is 27.8. The van der Waals surface area contributed by atoms with E-state index in [0.717, 1.165) is 48.2 Å². The highest BCUT2D eigenvalue weighted by molar-refractivity contribution is 5.95. The van der Waals surface area contributed by atoms with Crippen LogP contribution in [-0.2, 0) is 16.0 Å². The van der Waals surface area contributed by atoms with E-state index in [1.54, 1.807) is 24.3 Å². The van der Waals surface area contributed by atoms with Crippen LogP contribution in [0.1, 0.15) is 51.6 Å². The minimum Gasteiger partial charge on any atom is -0.454 e. The van der Waals surface area contributed by atoms with Crippen LogP contribution in [0.3, 0.4) is 0 Å². The summed E-state index contributed by atoms with van der Waals surface area (Å²) in [7, 11) is 0. The number of para-hydroxylation sites is 1. The van der Waals surface area contributed by atoms with Crippen molar-refractivity contribution in [2.45, 2.75) is 31.4 Å². The molecule has 1 aromatic heterocycles. The average Bonchev–Trinajstić information content (AvgIpc) is 3.78. The smallest absolute Gasteiger partial charge is 0.251 e. The van der Waals surface area contributed by atoms with Crippen LogP contribution in [0.2, 0.25) is 0 Å². The second-order valence-electron chi connectivity index (χ2n) is 10.7. The van der Waals surface area contributed by atoms with E-state index >= 15 is 0 Å². The van der Waals surface area contributed by atoms with Crippen molar-refractivity contribution >= 4 is 28.8 Å². The number of H-pyrrole nitrogens is 1. The zero-order valence-electron chi connectivity index (χ0n) is 22.6. The van der Waals surface area contributed by atoms with Crippen LogP contribution in [0.25, 0.3) is 17.0 Å². The minimum absolute atomic E-state index is 0.0876. The molecule has 0 bridgehead atoms. The SMILES string of the molecule is O=C(NCC1CCCO1)c1ccc(/C=C/C(=O)N2CCc3c([nH]c4ccccc34)C2c2ccc3c(c2)OCO3)cc1. The average molecular weight is 550 g/mol. The largest absolute Gasteiger partial charge is 0.454 e. The Kier molecular flexibility index (Phi) is 6.68. The Morgan fingerprint density at radius 2 is 1.88 bits per heavy atom. The van der Waals surface area contributed by atoms with Crippen molar-refractivity contribution in [3.05, 3.63) is 101 Å². The molecule has 3 aliphatic heterocycles. The summed E-state index contributed by atoms with van der Waals surface area (Å²) < 4.78 is 16.8. The molecule has 3 aromatic carbocycles. The third kappa shape index (κ3) is 4.95. The van der Waals surface area contributed by atoms with Crippen molar-refractivity contribution in [1.82, 2.24) is 15.2 Å². The number of nitrogens with zero attached hydrogens (tertiary/aromatic N) is 1. The van der Waals surface area contributed by atoms with E-state index < -0.39 is 0 Å². The van der Waals surface area contributed by atoms with Crippen LogP contribution < -0.4 is 14.8 Å². The lowest BCUT2D eigenvalue weighted by atomic mass is 9.92. The molecule has 41 heavy (non-hydrogen) atoms. The first-order valence-electron chi connectivity index (χ1n) is 14.1. The van der Waals surface area contributed by atoms with Crippen molar-refractivity contribution in [3.63, 3.8) is 0 Å². The first-order valence-corrected chi connectivity index (χ1v) is 14.1. The second-order valence-corrected chi connectivity index (χ2v) is 10.7. The summed E-state index contributed by atoms with van der Waals surface area (Å²) in [6.07, 6.45) is 6.29. The summed E-state index contributed by atoms with van der Waals surface area (Å²) in [5, 5.41) is 4.14. The van der Waals surface area contributed by atoms with Gasteiger partial charge in [0.25, 0.3) is 5.91 Å². The van der Waals surface area contributed by atoms with Gasteiger partial charge in [0.05, 0.1) is 12.1 Å². The van der Waals surface area contributed by atoms with Crippen molar-refractivity contribution in [2.75, 3.05) is 26.5 Å². The van der Waals surface area contributed by atoms with Gasteiger partial charge in [-0.25, -0.2) is 0 Å². The molecule has 1 saturated heterocycles. The standard InChI is InChI=1S/C33H31N3O5/c37-30(14-9-21-7-10-22(11-8-21)33(38)34-19-24-4-3-17-39-24)36-16-15-26-25-5-1-2-6-27(25)35-31(26)32(36)23-12-13-28-29(18-23)41-20-40-28/h1-2,5-14,18,24,32,35H,3-4,15-17,19-20H2,(H,34,38)/b14-9+. The maximum absolute atomic E-state index is 13.7. The number of hydrogen-bond acceptors (Lipinski definition) is 5. The Bertz CT molecular complexity index is 1630. The van der Waals surface area contributed by atoms with Crippen LogP contribution >= 0.6 is 0 Å². The topological polar surface area (TPSA) is 92.9 Å². The number of ether oxygens (including phenoxy) is 3. The molecule has 0 aliphatic carbocycles. The molecule has 0 saturated carbocycles. The fourth-order valence-corrected chi connectivity index (χ4v) is 6.03. The lowest BCUT2D eigenvalue weighted by Crippen LogP contribution is -2.39. The van der Waals surface area contributed by atoms with Crippen molar-refractivity contribution in [3.8, 4) is 11.5 Å². The van der Waals surface area contributed by atoms with Gasteiger partial charge in [0.2, 0.25) is 12.7 Å². The van der Waals surface area contributed by atoms with E-state index in [1.807, 2.05) is 47.4 Å². The molecule has 3 aliphatic rings. The summed E-state index contributed by atoms with van der Waals surface area (Å²) in [4.78, 5) is 31.7. The van der Waals surface area contributed by atoms with Gasteiger partial charge in [-0.3, -0.25) is 9.59 Å². The predicted octanol–water partition coefficient (Wildman–Crippen LogP) is 4.99. The van der Waals surface area contributed by atoms with Gasteiger partial charge in [0.1, 0.15) is 0 Å². The molecule has 0 spiro atoms. The molecule has 7 rings (SSSR count). The van der Waals surface area contributed by atoms with Gasteiger partial charge in [0.15, 0.2) is 11.5 Å². The molecule has 2 atom stereocenters. The Morgan fingerprint density at radius 3 is 2.73 bits per heavy atom. The van der Waals surface area contributed by atoms with E-state index in [4.69, 9.17) is 14.2 Å². The summed E-state index contributed by atoms with van der Waals surface area (Å²) >= 11 is 0. The molecule has 2 amide bonds. The number of benzene rings is 3. The van der Waals surface area contributed by atoms with E-state index in [9.17, 15) is 9.59 Å². The monoisotopic (exact) mass is 549 g/mol. The molecule has 8 nitrogen and oxygen atoms in total. The van der Waals surface area contributed by atoms with Gasteiger partial charge >= 0.3 is 0 Å². The highest BCUT2D eigenvalue weighted by atomic mass is 16.7.